The van der Waals surface area contributed by atoms with Crippen molar-refractivity contribution in [3.05, 3.63) is 59.7 Å². The molecule has 0 aliphatic rings. The maximum Gasteiger partial charge on any atom is 0.303 e. The first-order valence-electron chi connectivity index (χ1n) is 28.0. The molecular formula is C56H82N12O18S. The van der Waals surface area contributed by atoms with Gasteiger partial charge >= 0.3 is 11.9 Å². The number of thioether (sulfide) groups is 1. The molecule has 0 heterocycles. The molecule has 0 bridgehead atoms. The number of carboxylic acids is 2. The molecule has 2 aromatic rings. The minimum Gasteiger partial charge on any atom is -0.508 e. The maximum absolute atomic E-state index is 14.2. The number of amides is 11. The van der Waals surface area contributed by atoms with E-state index in [-0.39, 0.29) is 61.0 Å². The van der Waals surface area contributed by atoms with Crippen LogP contribution in [0, 0.1) is 11.8 Å². The standard InChI is InChI=1S/C56H82N12O18S/c1-6-7-8-36(50(80)64-40(25-32-11-15-34(71)16-12-32)54(84)67-42(48(59)78)28-87-22-21-69)61-44(73)27-60-56(86)47(30(4)5)68-55(85)41(26-43(58)72)66-51(81)37(18-20-46(76)77)62-53(83)39(24-31-9-13-33(70)14-10-31)65-52(82)38(23-29(2)3)63-49(79)35(57)17-19-45(74)75/h9-16,21,29-30,35-42,47,70-71H,6-8,17-20,22-28,57H2,1-5H3,(H2,58,72)(H2,59,78)(H,60,86)(H,61,73)(H,62,83)(H,63,79)(H,64,80)(H,65,82)(H,66,81)(H,67,84)(H,68,85)(H,74,75)(H,76,77)/t35-,36-,37-,38-,39-,40-,41-,42-,47-/m0/s1. The van der Waals surface area contributed by atoms with Gasteiger partial charge in [0.2, 0.25) is 65.0 Å². The van der Waals surface area contributed by atoms with Crippen LogP contribution in [0.2, 0.25) is 0 Å². The van der Waals surface area contributed by atoms with E-state index in [4.69, 9.17) is 22.3 Å². The SMILES string of the molecule is CCCC[C@H](NC(=O)CNC(=O)[C@@H](NC(=O)[C@H](CC(N)=O)NC(=O)[C@H](CCC(=O)O)NC(=O)[C@H](Cc1ccc(O)cc1)NC(=O)[C@H](CC(C)C)NC(=O)[C@@H](N)CCC(=O)O)C(C)C)C(=O)N[C@@H](Cc1ccc(O)cc1)C(=O)N[C@@H](CSCC=O)C(N)=O. The van der Waals surface area contributed by atoms with Crippen LogP contribution >= 0.6 is 11.8 Å². The van der Waals surface area contributed by atoms with Crippen molar-refractivity contribution in [3.63, 3.8) is 0 Å². The van der Waals surface area contributed by atoms with Gasteiger partial charge in [0, 0.05) is 37.2 Å². The van der Waals surface area contributed by atoms with Crippen LogP contribution < -0.4 is 65.1 Å². The van der Waals surface area contributed by atoms with E-state index in [9.17, 15) is 82.4 Å². The maximum atomic E-state index is 14.2. The molecule has 19 N–H and O–H groups in total. The Balaban J connectivity index is 2.37. The third-order valence-corrected chi connectivity index (χ3v) is 13.9. The second-order valence-corrected chi connectivity index (χ2v) is 22.3. The molecular weight excluding hydrogens is 1160 g/mol. The highest BCUT2D eigenvalue weighted by atomic mass is 32.2. The van der Waals surface area contributed by atoms with Gasteiger partial charge in [0.15, 0.2) is 0 Å². The molecule has 2 rings (SSSR count). The van der Waals surface area contributed by atoms with Crippen LogP contribution in [0.5, 0.6) is 11.5 Å². The van der Waals surface area contributed by atoms with Gasteiger partial charge in [0.25, 0.3) is 0 Å². The topological polar surface area (TPSA) is 506 Å². The fourth-order valence-corrected chi connectivity index (χ4v) is 8.99. The molecule has 11 amide bonds. The summed E-state index contributed by atoms with van der Waals surface area (Å²) in [7, 11) is 0. The number of nitrogens with one attached hydrogen (secondary N) is 9. The Morgan fingerprint density at radius 3 is 1.44 bits per heavy atom. The van der Waals surface area contributed by atoms with Gasteiger partial charge in [-0.1, -0.05) is 71.7 Å². The Morgan fingerprint density at radius 1 is 0.540 bits per heavy atom. The second-order valence-electron chi connectivity index (χ2n) is 21.2. The molecule has 0 saturated heterocycles. The van der Waals surface area contributed by atoms with E-state index in [1.807, 2.05) is 6.92 Å². The van der Waals surface area contributed by atoms with Gasteiger partial charge < -0.3 is 90.3 Å². The molecule has 0 saturated carbocycles. The van der Waals surface area contributed by atoms with Crippen LogP contribution in [0.1, 0.15) is 104 Å². The van der Waals surface area contributed by atoms with Crippen molar-refractivity contribution in [1.82, 2.24) is 47.9 Å². The van der Waals surface area contributed by atoms with Gasteiger partial charge in [-0.2, -0.15) is 11.8 Å². The zero-order chi connectivity index (χ0) is 65.5. The summed E-state index contributed by atoms with van der Waals surface area (Å²) >= 11 is 1.03. The summed E-state index contributed by atoms with van der Waals surface area (Å²) in [6.45, 7) is 7.49. The monoisotopic (exact) mass is 1240 g/mol. The number of aromatic hydroxyl groups is 2. The number of aldehydes is 1. The summed E-state index contributed by atoms with van der Waals surface area (Å²) in [5.74, 6) is -14.8. The molecule has 2 aromatic carbocycles. The summed E-state index contributed by atoms with van der Waals surface area (Å²) < 4.78 is 0. The van der Waals surface area contributed by atoms with Crippen molar-refractivity contribution in [2.24, 2.45) is 29.0 Å². The average Bonchev–Trinajstić information content (AvgIpc) is 3.19. The number of carboxylic acid groups (broad SMARTS) is 2. The number of carbonyl (C=O) groups excluding carboxylic acids is 12. The van der Waals surface area contributed by atoms with E-state index in [1.165, 1.54) is 62.4 Å². The first kappa shape index (κ1) is 74.2. The van der Waals surface area contributed by atoms with E-state index in [0.717, 1.165) is 11.8 Å². The van der Waals surface area contributed by atoms with Gasteiger partial charge in [-0.25, -0.2) is 0 Å². The number of carbonyl (C=O) groups is 14. The quantitative estimate of drug-likeness (QED) is 0.0235. The number of rotatable bonds is 41. The number of nitrogens with two attached hydrogens (primary N) is 3. The molecule has 0 aromatic heterocycles. The highest BCUT2D eigenvalue weighted by Crippen LogP contribution is 2.16. The molecule has 31 heteroatoms. The number of phenols is 2. The number of unbranched alkanes of at least 4 members (excludes halogenated alkanes) is 1. The Bertz CT molecular complexity index is 2720. The minimum absolute atomic E-state index is 0.00375. The molecule has 0 spiro atoms. The Labute approximate surface area is 506 Å². The molecule has 9 atom stereocenters. The van der Waals surface area contributed by atoms with Crippen molar-refractivity contribution < 1.29 is 87.5 Å². The average molecular weight is 1240 g/mol. The molecule has 30 nitrogen and oxygen atoms in total. The zero-order valence-electron chi connectivity index (χ0n) is 49.1. The second kappa shape index (κ2) is 38.2. The molecule has 0 fully saturated rings. The third-order valence-electron chi connectivity index (χ3n) is 13.0. The van der Waals surface area contributed by atoms with Crippen molar-refractivity contribution in [1.29, 1.82) is 0 Å². The van der Waals surface area contributed by atoms with Crippen molar-refractivity contribution in [2.75, 3.05) is 18.1 Å². The number of aliphatic carboxylic acids is 2. The lowest BCUT2D eigenvalue weighted by atomic mass is 10.00. The van der Waals surface area contributed by atoms with E-state index in [1.54, 1.807) is 13.8 Å². The lowest BCUT2D eigenvalue weighted by Gasteiger charge is -2.28. The van der Waals surface area contributed by atoms with Gasteiger partial charge in [0.05, 0.1) is 19.0 Å². The van der Waals surface area contributed by atoms with Crippen LogP contribution in [-0.4, -0.2) is 176 Å². The molecule has 480 valence electrons. The largest absolute Gasteiger partial charge is 0.508 e. The van der Waals surface area contributed by atoms with E-state index >= 15 is 0 Å². The number of primary amides is 2. The third kappa shape index (κ3) is 28.7. The highest BCUT2D eigenvalue weighted by Gasteiger charge is 2.36. The normalized spacial score (nSPS) is 14.1. The molecule has 0 aliphatic heterocycles. The van der Waals surface area contributed by atoms with Crippen molar-refractivity contribution in [3.8, 4) is 11.5 Å². The van der Waals surface area contributed by atoms with Gasteiger partial charge in [-0.05, 0) is 72.9 Å². The predicted octanol–water partition coefficient (Wildman–Crippen LogP) is -2.88. The van der Waals surface area contributed by atoms with Crippen LogP contribution in [-0.2, 0) is 80.0 Å². The highest BCUT2D eigenvalue weighted by molar-refractivity contribution is 7.99. The van der Waals surface area contributed by atoms with E-state index in [2.05, 4.69) is 47.9 Å². The lowest BCUT2D eigenvalue weighted by Crippen LogP contribution is -2.61. The van der Waals surface area contributed by atoms with Gasteiger partial charge in [-0.15, -0.1) is 0 Å². The van der Waals surface area contributed by atoms with E-state index < -0.39 is 169 Å². The number of hydrogen-bond acceptors (Lipinski definition) is 18. The first-order chi connectivity index (χ1) is 40.9. The summed E-state index contributed by atoms with van der Waals surface area (Å²) in [6.07, 6.45) is -1.87. The van der Waals surface area contributed by atoms with Crippen molar-refractivity contribution >= 4 is 95.0 Å². The van der Waals surface area contributed by atoms with Gasteiger partial charge in [0.1, 0.15) is 66.1 Å². The first-order valence-corrected chi connectivity index (χ1v) is 29.1. The molecule has 0 aliphatic carbocycles. The number of hydrogen-bond donors (Lipinski definition) is 16. The van der Waals surface area contributed by atoms with Crippen molar-refractivity contribution in [2.45, 2.75) is 160 Å². The Kier molecular flexibility index (Phi) is 32.6. The van der Waals surface area contributed by atoms with Crippen LogP contribution in [0.15, 0.2) is 48.5 Å². The fraction of sp³-hybridized carbons (Fsp3) is 0.536. The summed E-state index contributed by atoms with van der Waals surface area (Å²) in [5, 5.41) is 60.5. The Morgan fingerprint density at radius 2 is 0.977 bits per heavy atom. The van der Waals surface area contributed by atoms with Gasteiger partial charge in [-0.3, -0.25) is 62.3 Å². The number of phenolic OH excluding ortho intramolecular Hbond substituents is 2. The van der Waals surface area contributed by atoms with E-state index in [0.29, 0.717) is 30.3 Å². The van der Waals surface area contributed by atoms with Crippen LogP contribution in [0.3, 0.4) is 0 Å². The summed E-state index contributed by atoms with van der Waals surface area (Å²) in [4.78, 5) is 182. The molecule has 0 radical (unpaired) electrons. The summed E-state index contributed by atoms with van der Waals surface area (Å²) in [6, 6.07) is -2.23. The smallest absolute Gasteiger partial charge is 0.303 e. The number of benzene rings is 2. The Hall–Kier alpha value is -8.87. The molecule has 0 unspecified atom stereocenters. The summed E-state index contributed by atoms with van der Waals surface area (Å²) in [5.41, 5.74) is 17.7. The lowest BCUT2D eigenvalue weighted by molar-refractivity contribution is -0.139. The zero-order valence-corrected chi connectivity index (χ0v) is 49.9. The minimum atomic E-state index is -1.88. The predicted molar refractivity (Wildman–Crippen MR) is 314 cm³/mol. The molecule has 87 heavy (non-hydrogen) atoms. The van der Waals surface area contributed by atoms with Crippen LogP contribution in [0.25, 0.3) is 0 Å². The van der Waals surface area contributed by atoms with Crippen LogP contribution in [0.4, 0.5) is 0 Å². The fourth-order valence-electron chi connectivity index (χ4n) is 8.27.